The summed E-state index contributed by atoms with van der Waals surface area (Å²) in [7, 11) is 0. The first-order valence-electron chi connectivity index (χ1n) is 40.2. The van der Waals surface area contributed by atoms with Crippen molar-refractivity contribution in [3.63, 3.8) is 0 Å². The number of nitriles is 1. The molecule has 0 radical (unpaired) electrons. The molecule has 0 saturated heterocycles. The number of benzene rings is 16. The maximum absolute atomic E-state index is 11.4. The average Bonchev–Trinajstić information content (AvgIpc) is 1.48. The molecule has 0 atom stereocenters. The number of fused-ring (bicyclic) bond motifs is 16. The van der Waals surface area contributed by atoms with Crippen LogP contribution in [0, 0.1) is 45.6 Å². The summed E-state index contributed by atoms with van der Waals surface area (Å²) in [6.07, 6.45) is 0. The second kappa shape index (κ2) is 29.5. The van der Waals surface area contributed by atoms with Gasteiger partial charge in [-0.15, -0.1) is 0 Å². The molecule has 12 heteroatoms. The Labute approximate surface area is 694 Å². The fourth-order valence-electron chi connectivity index (χ4n) is 18.1. The van der Waals surface area contributed by atoms with Crippen molar-refractivity contribution in [2.45, 2.75) is 27.7 Å². The van der Waals surface area contributed by atoms with Gasteiger partial charge in [0.1, 0.15) is 6.07 Å². The summed E-state index contributed by atoms with van der Waals surface area (Å²) < 4.78 is 4.55. The van der Waals surface area contributed by atoms with E-state index in [0.717, 1.165) is 128 Å². The smallest absolute Gasteiger partial charge is 0.212 e. The molecule has 6 heterocycles. The highest BCUT2D eigenvalue weighted by atomic mass is 15.2. The van der Waals surface area contributed by atoms with E-state index >= 15 is 0 Å². The first kappa shape index (κ1) is 71.5. The van der Waals surface area contributed by atoms with E-state index in [4.69, 9.17) is 36.5 Å². The molecule has 0 spiro atoms. The molecule has 4 aromatic heterocycles. The van der Waals surface area contributed by atoms with Gasteiger partial charge in [0.25, 0.3) is 0 Å². The molecule has 0 fully saturated rings. The molecule has 564 valence electrons. The number of rotatable bonds is 10. The van der Waals surface area contributed by atoms with Crippen LogP contribution in [0.2, 0.25) is 0 Å². The van der Waals surface area contributed by atoms with Crippen LogP contribution < -0.4 is 9.80 Å². The zero-order valence-electron chi connectivity index (χ0n) is 66.0. The summed E-state index contributed by atoms with van der Waals surface area (Å²) in [6, 6.07) is 128. The zero-order chi connectivity index (χ0) is 80.6. The second-order valence-electron chi connectivity index (χ2n) is 30.4. The second-order valence-corrected chi connectivity index (χ2v) is 30.4. The van der Waals surface area contributed by atoms with Crippen LogP contribution in [-0.2, 0) is 0 Å². The first-order chi connectivity index (χ1) is 59.2. The van der Waals surface area contributed by atoms with Gasteiger partial charge in [0.05, 0.1) is 90.8 Å². The van der Waals surface area contributed by atoms with E-state index in [1.807, 2.05) is 121 Å². The molecule has 0 bridgehead atoms. The SMILES string of the molecule is Cc1cccc2c1N(c1cccc(-n3c4ccccc4c4ccccc43)c1-c1nc(-c3ccccc3)nc(-c3ccccc3)n1)c1c(C)cccc1-c1ccccc1-2.[C-]#[N+]c1cc(C#N)c(-n2c3ccccc3c3ccccc32)c(-c2nc(-c3ccccc3)nc(-c3ccccc3)n2)c1N1c2c(C)cccc2-c2ccccc2-c2cccc(C)c21. The van der Waals surface area contributed by atoms with E-state index in [9.17, 15) is 5.26 Å². The van der Waals surface area contributed by atoms with Crippen molar-refractivity contribution in [3.8, 4) is 130 Å². The number of aryl methyl sites for hydroxylation is 4. The van der Waals surface area contributed by atoms with Crippen molar-refractivity contribution in [2.75, 3.05) is 9.80 Å². The molecule has 22 rings (SSSR count). The van der Waals surface area contributed by atoms with Crippen LogP contribution in [0.1, 0.15) is 27.8 Å². The molecule has 0 unspecified atom stereocenters. The number of aromatic nitrogens is 8. The third-order valence-electron chi connectivity index (χ3n) is 23.3. The van der Waals surface area contributed by atoms with Crippen LogP contribution in [-0.4, -0.2) is 39.0 Å². The van der Waals surface area contributed by atoms with Gasteiger partial charge < -0.3 is 18.9 Å². The van der Waals surface area contributed by atoms with Gasteiger partial charge in [0.2, 0.25) is 5.69 Å². The van der Waals surface area contributed by atoms with E-state index in [1.54, 1.807) is 6.07 Å². The number of hydrogen-bond acceptors (Lipinski definition) is 9. The summed E-state index contributed by atoms with van der Waals surface area (Å²) >= 11 is 0. The highest BCUT2D eigenvalue weighted by Crippen LogP contribution is 2.60. The quantitative estimate of drug-likeness (QED) is 0.123. The molecule has 120 heavy (non-hydrogen) atoms. The summed E-state index contributed by atoms with van der Waals surface area (Å²) in [5, 5.41) is 15.8. The van der Waals surface area contributed by atoms with Crippen molar-refractivity contribution in [1.29, 1.82) is 5.26 Å². The zero-order valence-corrected chi connectivity index (χ0v) is 66.0. The lowest BCUT2D eigenvalue weighted by atomic mass is 9.93. The van der Waals surface area contributed by atoms with E-state index in [2.05, 4.69) is 294 Å². The lowest BCUT2D eigenvalue weighted by molar-refractivity contribution is 1.06. The maximum atomic E-state index is 11.4. The van der Waals surface area contributed by atoms with Gasteiger partial charge in [-0.05, 0) is 115 Å². The molecule has 0 saturated carbocycles. The topological polar surface area (TPSA) is 122 Å². The first-order valence-corrected chi connectivity index (χ1v) is 40.2. The van der Waals surface area contributed by atoms with Crippen molar-refractivity contribution in [3.05, 3.63) is 403 Å². The molecule has 2 aliphatic heterocycles. The summed E-state index contributed by atoms with van der Waals surface area (Å²) in [5.74, 6) is 3.09. The third kappa shape index (κ3) is 11.8. The number of para-hydroxylation sites is 8. The Morgan fingerprint density at radius 1 is 0.258 bits per heavy atom. The van der Waals surface area contributed by atoms with Crippen molar-refractivity contribution in [1.82, 2.24) is 39.0 Å². The van der Waals surface area contributed by atoms with Crippen LogP contribution in [0.15, 0.2) is 364 Å². The van der Waals surface area contributed by atoms with Crippen molar-refractivity contribution < 1.29 is 0 Å². The fourth-order valence-corrected chi connectivity index (χ4v) is 18.1. The Bertz CT molecular complexity index is 7260. The van der Waals surface area contributed by atoms with Gasteiger partial charge in [0.15, 0.2) is 34.9 Å². The van der Waals surface area contributed by atoms with Gasteiger partial charge in [-0.25, -0.2) is 34.7 Å². The highest BCUT2D eigenvalue weighted by Gasteiger charge is 2.38. The Balaban J connectivity index is 0.000000149. The highest BCUT2D eigenvalue weighted by molar-refractivity contribution is 6.15. The molecule has 16 aromatic carbocycles. The largest absolute Gasteiger partial charge is 0.318 e. The summed E-state index contributed by atoms with van der Waals surface area (Å²) in [6.45, 7) is 17.7. The standard InChI is InChI=1S/C55H35N7.C53H37N5/c1-34-18-16-28-43-39-24-10-11-25-40(39)44-29-17-19-35(2)50(44)62(49(34)43)52-45(57-3)32-38(33-56)51(61-46-30-14-12-26-41(46)42-27-13-15-31-47(42)61)48(52)55-59-53(36-20-6-4-7-21-36)58-54(60-55)37-22-8-5-9-23-37;1-34-18-15-28-42-38-24-9-10-25-39(38)43-29-16-19-35(2)50(43)58(49(34)42)47-33-17-32-46(57-44-30-13-11-26-40(44)41-27-12-14-31-45(41)57)48(47)53-55-51(36-20-5-3-6-21-36)54-52(56-53)37-22-7-4-8-23-37/h4-32H,1-2H3;3-33H,1-2H3. The van der Waals surface area contributed by atoms with Gasteiger partial charge >= 0.3 is 0 Å². The van der Waals surface area contributed by atoms with E-state index < -0.39 is 0 Å². The van der Waals surface area contributed by atoms with Gasteiger partial charge in [-0.1, -0.05) is 322 Å². The van der Waals surface area contributed by atoms with Crippen LogP contribution in [0.25, 0.3) is 173 Å². The van der Waals surface area contributed by atoms with Crippen LogP contribution in [0.5, 0.6) is 0 Å². The van der Waals surface area contributed by atoms with Crippen LogP contribution in [0.4, 0.5) is 39.8 Å². The summed E-state index contributed by atoms with van der Waals surface area (Å²) in [5.41, 5.74) is 30.1. The predicted molar refractivity (Wildman–Crippen MR) is 489 cm³/mol. The molecule has 0 aliphatic carbocycles. The van der Waals surface area contributed by atoms with Gasteiger partial charge in [-0.2, -0.15) is 5.26 Å². The third-order valence-corrected chi connectivity index (χ3v) is 23.3. The molecular weight excluding hydrogens is 1470 g/mol. The Kier molecular flexibility index (Phi) is 17.6. The fraction of sp³-hybridized carbons (Fsp3) is 0.0370. The molecule has 0 N–H and O–H groups in total. The molecular formula is C108H72N12. The summed E-state index contributed by atoms with van der Waals surface area (Å²) in [4.78, 5) is 40.9. The Hall–Kier alpha value is -16.3. The number of hydrogen-bond donors (Lipinski definition) is 0. The molecule has 2 aliphatic rings. The normalized spacial score (nSPS) is 11.8. The van der Waals surface area contributed by atoms with E-state index in [0.29, 0.717) is 63.1 Å². The molecule has 0 amide bonds. The van der Waals surface area contributed by atoms with Crippen LogP contribution >= 0.6 is 0 Å². The van der Waals surface area contributed by atoms with Crippen LogP contribution in [0.3, 0.4) is 0 Å². The van der Waals surface area contributed by atoms with Crippen molar-refractivity contribution >= 4 is 83.4 Å². The van der Waals surface area contributed by atoms with E-state index in [1.165, 1.54) is 44.2 Å². The molecule has 12 nitrogen and oxygen atoms in total. The number of nitrogens with zero attached hydrogens (tertiary/aromatic N) is 12. The minimum absolute atomic E-state index is 0.290. The Morgan fingerprint density at radius 2 is 0.542 bits per heavy atom. The minimum Gasteiger partial charge on any atom is -0.318 e. The maximum Gasteiger partial charge on any atom is 0.212 e. The predicted octanol–water partition coefficient (Wildman–Crippen LogP) is 27.8. The van der Waals surface area contributed by atoms with E-state index in [-0.39, 0.29) is 0 Å². The average molecular weight is 1540 g/mol. The van der Waals surface area contributed by atoms with Crippen molar-refractivity contribution in [2.24, 2.45) is 0 Å². The lowest BCUT2D eigenvalue weighted by Crippen LogP contribution is -2.17. The Morgan fingerprint density at radius 3 is 0.892 bits per heavy atom. The number of anilines is 6. The molecule has 20 aromatic rings. The van der Waals surface area contributed by atoms with Gasteiger partial charge in [-0.3, -0.25) is 0 Å². The minimum atomic E-state index is 0.290. The van der Waals surface area contributed by atoms with Gasteiger partial charge in [0, 0.05) is 66.1 Å². The lowest BCUT2D eigenvalue weighted by Gasteiger charge is -2.34. The monoisotopic (exact) mass is 1540 g/mol.